The number of benzene rings is 1. The van der Waals surface area contributed by atoms with Gasteiger partial charge in [0, 0.05) is 17.2 Å². The number of hydrogen-bond acceptors (Lipinski definition) is 5. The van der Waals surface area contributed by atoms with Crippen LogP contribution in [0.5, 0.6) is 0 Å². The van der Waals surface area contributed by atoms with Crippen LogP contribution >= 0.6 is 22.9 Å². The second kappa shape index (κ2) is 11.8. The van der Waals surface area contributed by atoms with Crippen LogP contribution in [0.4, 0.5) is 5.13 Å². The molecule has 5 nitrogen and oxygen atoms in total. The SMILES string of the molecule is Clc1ccc(/C=N/c2nc([C]3[CH][CH][CH][CH]3)c(-n3cncn3)s2)cc1.[CH]1[CH][CH][CH][CH]1.[Fe+2]. The van der Waals surface area contributed by atoms with Gasteiger partial charge in [-0.2, -0.15) is 5.10 Å². The predicted octanol–water partition coefficient (Wildman–Crippen LogP) is 4.90. The van der Waals surface area contributed by atoms with Crippen molar-refractivity contribution in [1.29, 1.82) is 0 Å². The van der Waals surface area contributed by atoms with Crippen molar-refractivity contribution in [1.82, 2.24) is 19.7 Å². The molecule has 0 aliphatic heterocycles. The normalized spacial score (nSPS) is 16.4. The molecular formula is C22H16ClFeN5S+2. The fourth-order valence-corrected chi connectivity index (χ4v) is 3.53. The van der Waals surface area contributed by atoms with E-state index in [1.54, 1.807) is 17.2 Å². The summed E-state index contributed by atoms with van der Waals surface area (Å²) in [6.07, 6.45) is 22.9. The van der Waals surface area contributed by atoms with Crippen molar-refractivity contribution in [3.8, 4) is 5.00 Å². The first-order chi connectivity index (χ1) is 14.3. The van der Waals surface area contributed by atoms with Crippen LogP contribution in [0.3, 0.4) is 0 Å². The van der Waals surface area contributed by atoms with Gasteiger partial charge in [-0.1, -0.05) is 35.1 Å². The second-order valence-corrected chi connectivity index (χ2v) is 7.33. The van der Waals surface area contributed by atoms with Crippen molar-refractivity contribution in [2.45, 2.75) is 0 Å². The maximum atomic E-state index is 5.90. The third-order valence-corrected chi connectivity index (χ3v) is 5.12. The molecule has 0 saturated heterocycles. The quantitative estimate of drug-likeness (QED) is 0.400. The monoisotopic (exact) mass is 473 g/mol. The molecule has 10 radical (unpaired) electrons. The molecule has 0 bridgehead atoms. The van der Waals surface area contributed by atoms with Gasteiger partial charge < -0.3 is 0 Å². The Hall–Kier alpha value is -1.53. The van der Waals surface area contributed by atoms with Gasteiger partial charge in [0.05, 0.1) is 5.69 Å². The standard InChI is InChI=1S/C17H11ClN5S.C5H5.Fe/c18-14-7-5-12(6-8-14)9-20-17-22-15(13-3-1-2-4-13)16(24-17)23-11-19-10-21-23;1-2-4-5-3-1;/h1-11H;1-5H;/q;;+2/b20-9+;;. The Bertz CT molecular complexity index is 906. The van der Waals surface area contributed by atoms with Crippen LogP contribution in [-0.2, 0) is 17.1 Å². The van der Waals surface area contributed by atoms with Crippen molar-refractivity contribution in [3.63, 3.8) is 0 Å². The number of hydrogen-bond donors (Lipinski definition) is 0. The van der Waals surface area contributed by atoms with Crippen LogP contribution in [0.1, 0.15) is 11.3 Å². The van der Waals surface area contributed by atoms with E-state index < -0.39 is 0 Å². The molecule has 0 amide bonds. The topological polar surface area (TPSA) is 56.0 Å². The number of halogens is 1. The average molecular weight is 474 g/mol. The second-order valence-electron chi connectivity index (χ2n) is 5.94. The maximum absolute atomic E-state index is 5.90. The van der Waals surface area contributed by atoms with E-state index in [4.69, 9.17) is 11.6 Å². The third kappa shape index (κ3) is 6.24. The van der Waals surface area contributed by atoms with Gasteiger partial charge >= 0.3 is 17.1 Å². The minimum Gasteiger partial charge on any atom is -0.227 e. The summed E-state index contributed by atoms with van der Waals surface area (Å²) in [5, 5.41) is 6.46. The zero-order valence-corrected chi connectivity index (χ0v) is 18.3. The van der Waals surface area contributed by atoms with E-state index in [9.17, 15) is 0 Å². The molecule has 0 atom stereocenters. The zero-order valence-electron chi connectivity index (χ0n) is 15.6. The van der Waals surface area contributed by atoms with E-state index in [-0.39, 0.29) is 17.1 Å². The number of nitrogens with zero attached hydrogens (tertiary/aromatic N) is 5. The Morgan fingerprint density at radius 3 is 2.20 bits per heavy atom. The molecule has 2 aliphatic carbocycles. The predicted molar refractivity (Wildman–Crippen MR) is 117 cm³/mol. The van der Waals surface area contributed by atoms with Crippen molar-refractivity contribution in [2.24, 2.45) is 4.99 Å². The first-order valence-electron chi connectivity index (χ1n) is 8.84. The smallest absolute Gasteiger partial charge is 0.227 e. The molecule has 3 aromatic rings. The van der Waals surface area contributed by atoms with Gasteiger partial charge in [-0.25, -0.2) is 19.6 Å². The van der Waals surface area contributed by atoms with E-state index in [1.165, 1.54) is 17.7 Å². The van der Waals surface area contributed by atoms with Gasteiger partial charge in [0.15, 0.2) is 0 Å². The van der Waals surface area contributed by atoms with Crippen LogP contribution in [0, 0.1) is 63.7 Å². The van der Waals surface area contributed by atoms with Crippen LogP contribution in [0.2, 0.25) is 5.02 Å². The Balaban J connectivity index is 0.000000376. The summed E-state index contributed by atoms with van der Waals surface area (Å²) >= 11 is 7.36. The van der Waals surface area contributed by atoms with Crippen LogP contribution < -0.4 is 0 Å². The largest absolute Gasteiger partial charge is 2.00 e. The van der Waals surface area contributed by atoms with Crippen LogP contribution in [0.25, 0.3) is 5.00 Å². The summed E-state index contributed by atoms with van der Waals surface area (Å²) in [4.78, 5) is 13.1. The Morgan fingerprint density at radius 2 is 1.60 bits per heavy atom. The molecule has 8 heteroatoms. The minimum absolute atomic E-state index is 0. The molecule has 2 aromatic heterocycles. The molecule has 2 heterocycles. The Labute approximate surface area is 197 Å². The molecule has 30 heavy (non-hydrogen) atoms. The first kappa shape index (κ1) is 23.1. The molecule has 2 fully saturated rings. The minimum atomic E-state index is 0. The van der Waals surface area contributed by atoms with Gasteiger partial charge in [0.25, 0.3) is 0 Å². The van der Waals surface area contributed by atoms with E-state index >= 15 is 0 Å². The van der Waals surface area contributed by atoms with E-state index in [0.29, 0.717) is 10.2 Å². The number of rotatable bonds is 4. The summed E-state index contributed by atoms with van der Waals surface area (Å²) in [5.41, 5.74) is 1.81. The average Bonchev–Trinajstić information content (AvgIpc) is 3.55. The van der Waals surface area contributed by atoms with Crippen molar-refractivity contribution < 1.29 is 17.1 Å². The van der Waals surface area contributed by atoms with Crippen molar-refractivity contribution >= 4 is 34.3 Å². The summed E-state index contributed by atoms with van der Waals surface area (Å²) in [6, 6.07) is 7.49. The molecule has 0 spiro atoms. The molecule has 0 unspecified atom stereocenters. The third-order valence-electron chi connectivity index (χ3n) is 3.91. The summed E-state index contributed by atoms with van der Waals surface area (Å²) in [7, 11) is 0. The maximum Gasteiger partial charge on any atom is 2.00 e. The van der Waals surface area contributed by atoms with E-state index in [1.807, 2.05) is 82.1 Å². The number of aliphatic imine (C=N–C) groups is 1. The number of thiazole rings is 1. The van der Waals surface area contributed by atoms with Crippen molar-refractivity contribution in [2.75, 3.05) is 0 Å². The molecule has 148 valence electrons. The summed E-state index contributed by atoms with van der Waals surface area (Å²) in [5.74, 6) is 1.03. The van der Waals surface area contributed by atoms with E-state index in [2.05, 4.69) is 20.1 Å². The van der Waals surface area contributed by atoms with Gasteiger partial charge in [-0.15, -0.1) is 0 Å². The molecule has 1 aromatic carbocycles. The Morgan fingerprint density at radius 1 is 0.933 bits per heavy atom. The van der Waals surface area contributed by atoms with Crippen LogP contribution in [0.15, 0.2) is 41.9 Å². The molecule has 2 saturated carbocycles. The number of aromatic nitrogens is 4. The summed E-state index contributed by atoms with van der Waals surface area (Å²) in [6.45, 7) is 0. The van der Waals surface area contributed by atoms with Crippen LogP contribution in [-0.4, -0.2) is 26.0 Å². The first-order valence-corrected chi connectivity index (χ1v) is 10.0. The molecular weight excluding hydrogens is 458 g/mol. The van der Waals surface area contributed by atoms with Gasteiger partial charge in [-0.05, 0) is 75.5 Å². The zero-order chi connectivity index (χ0) is 19.9. The molecule has 5 rings (SSSR count). The molecule has 2 aliphatic rings. The van der Waals surface area contributed by atoms with E-state index in [0.717, 1.165) is 22.2 Å². The van der Waals surface area contributed by atoms with Gasteiger partial charge in [0.1, 0.15) is 17.7 Å². The summed E-state index contributed by atoms with van der Waals surface area (Å²) < 4.78 is 1.71. The van der Waals surface area contributed by atoms with Crippen molar-refractivity contribution in [3.05, 3.63) is 117 Å². The Kier molecular flexibility index (Phi) is 9.06. The fourth-order valence-electron chi connectivity index (χ4n) is 2.54. The van der Waals surface area contributed by atoms with Gasteiger partial charge in [-0.3, -0.25) is 0 Å². The molecule has 0 N–H and O–H groups in total. The van der Waals surface area contributed by atoms with Gasteiger partial charge in [0.2, 0.25) is 5.13 Å². The fraction of sp³-hybridized carbons (Fsp3) is 0.